The van der Waals surface area contributed by atoms with Crippen molar-refractivity contribution >= 4 is 33.2 Å². The molecule has 0 saturated heterocycles. The molecule has 0 amide bonds. The summed E-state index contributed by atoms with van der Waals surface area (Å²) in [4.78, 5) is 20.9. The Balaban J connectivity index is 2.91. The van der Waals surface area contributed by atoms with Crippen molar-refractivity contribution in [3.63, 3.8) is 0 Å². The topological polar surface area (TPSA) is 60.2 Å². The van der Waals surface area contributed by atoms with Crippen LogP contribution in [0.2, 0.25) is 0 Å². The molecule has 1 rings (SSSR count). The molecule has 0 radical (unpaired) electrons. The highest BCUT2D eigenvalue weighted by Gasteiger charge is 2.16. The highest BCUT2D eigenvalue weighted by molar-refractivity contribution is 8.13. The average molecular weight is 203 g/mol. The molecule has 1 aromatic rings. The van der Waals surface area contributed by atoms with Gasteiger partial charge >= 0.3 is 5.00 Å². The lowest BCUT2D eigenvalue weighted by Crippen LogP contribution is -1.87. The molecule has 4 nitrogen and oxygen atoms in total. The fourth-order valence-electron chi connectivity index (χ4n) is 0.655. The van der Waals surface area contributed by atoms with E-state index in [1.54, 1.807) is 11.4 Å². The van der Waals surface area contributed by atoms with Crippen molar-refractivity contribution in [2.24, 2.45) is 0 Å². The second-order valence-corrected chi connectivity index (χ2v) is 4.05. The van der Waals surface area contributed by atoms with E-state index in [2.05, 4.69) is 0 Å². The van der Waals surface area contributed by atoms with Gasteiger partial charge < -0.3 is 0 Å². The highest BCUT2D eigenvalue weighted by Crippen LogP contribution is 2.34. The van der Waals surface area contributed by atoms with Gasteiger partial charge in [-0.25, -0.2) is 0 Å². The lowest BCUT2D eigenvalue weighted by atomic mass is 10.6. The predicted molar refractivity (Wildman–Crippen MR) is 47.5 cm³/mol. The zero-order valence-corrected chi connectivity index (χ0v) is 7.78. The first kappa shape index (κ1) is 9.21. The van der Waals surface area contributed by atoms with Crippen molar-refractivity contribution in [2.75, 3.05) is 0 Å². The summed E-state index contributed by atoms with van der Waals surface area (Å²) in [6.45, 7) is 1.38. The third-order valence-corrected chi connectivity index (χ3v) is 2.86. The Morgan fingerprint density at radius 3 is 2.92 bits per heavy atom. The Bertz CT molecular complexity index is 320. The van der Waals surface area contributed by atoms with E-state index in [0.717, 1.165) is 23.1 Å². The summed E-state index contributed by atoms with van der Waals surface area (Å²) in [5.74, 6) is 0. The van der Waals surface area contributed by atoms with Gasteiger partial charge in [-0.05, 0) is 23.2 Å². The summed E-state index contributed by atoms with van der Waals surface area (Å²) in [5.41, 5.74) is 0. The van der Waals surface area contributed by atoms with Gasteiger partial charge in [-0.3, -0.25) is 14.9 Å². The fourth-order valence-corrected chi connectivity index (χ4v) is 2.22. The van der Waals surface area contributed by atoms with Gasteiger partial charge in [0.15, 0.2) is 5.12 Å². The van der Waals surface area contributed by atoms with Crippen LogP contribution >= 0.6 is 23.1 Å². The molecule has 0 spiro atoms. The third kappa shape index (κ3) is 2.05. The summed E-state index contributed by atoms with van der Waals surface area (Å²) in [7, 11) is 0. The van der Waals surface area contributed by atoms with Crippen LogP contribution in [0.5, 0.6) is 0 Å². The lowest BCUT2D eigenvalue weighted by Gasteiger charge is -1.90. The Labute approximate surface area is 76.7 Å². The number of nitrogens with zero attached hydrogens (tertiary/aromatic N) is 1. The molecule has 64 valence electrons. The van der Waals surface area contributed by atoms with Crippen LogP contribution in [0.1, 0.15) is 6.92 Å². The van der Waals surface area contributed by atoms with Gasteiger partial charge in [0, 0.05) is 6.92 Å². The Morgan fingerprint density at radius 2 is 2.42 bits per heavy atom. The van der Waals surface area contributed by atoms with Crippen molar-refractivity contribution in [3.8, 4) is 0 Å². The van der Waals surface area contributed by atoms with Crippen molar-refractivity contribution in [1.82, 2.24) is 0 Å². The summed E-state index contributed by atoms with van der Waals surface area (Å²) >= 11 is 1.92. The van der Waals surface area contributed by atoms with E-state index in [1.165, 1.54) is 6.92 Å². The van der Waals surface area contributed by atoms with Crippen LogP contribution in [0.4, 0.5) is 5.00 Å². The molecule has 0 aliphatic heterocycles. The van der Waals surface area contributed by atoms with Crippen LogP contribution in [-0.2, 0) is 4.79 Å². The first-order chi connectivity index (χ1) is 5.61. The molecule has 1 heterocycles. The minimum atomic E-state index is -0.476. The van der Waals surface area contributed by atoms with Gasteiger partial charge in [0.05, 0.1) is 4.92 Å². The fraction of sp³-hybridized carbons (Fsp3) is 0.167. The number of thioether (sulfide) groups is 1. The number of hydrogen-bond acceptors (Lipinski definition) is 5. The highest BCUT2D eigenvalue weighted by atomic mass is 32.2. The van der Waals surface area contributed by atoms with Gasteiger partial charge in [-0.15, -0.1) is 0 Å². The minimum absolute atomic E-state index is 0.0372. The molecule has 0 saturated carbocycles. The van der Waals surface area contributed by atoms with Crippen LogP contribution in [-0.4, -0.2) is 10.0 Å². The molecule has 0 bridgehead atoms. The van der Waals surface area contributed by atoms with Gasteiger partial charge in [-0.2, -0.15) is 0 Å². The molecule has 6 heteroatoms. The minimum Gasteiger partial charge on any atom is -0.287 e. The van der Waals surface area contributed by atoms with E-state index in [1.807, 2.05) is 0 Å². The summed E-state index contributed by atoms with van der Waals surface area (Å²) in [5, 5.41) is 11.9. The smallest absolute Gasteiger partial charge is 0.287 e. The first-order valence-electron chi connectivity index (χ1n) is 3.01. The zero-order valence-electron chi connectivity index (χ0n) is 6.14. The molecule has 0 aliphatic rings. The van der Waals surface area contributed by atoms with E-state index >= 15 is 0 Å². The molecule has 0 aromatic carbocycles. The molecule has 0 N–H and O–H groups in total. The summed E-state index contributed by atoms with van der Waals surface area (Å²) in [6.07, 6.45) is 0. The van der Waals surface area contributed by atoms with Gasteiger partial charge in [0.25, 0.3) is 0 Å². The standard InChI is InChI=1S/C6H5NO3S2/c1-4(8)12-5-2-3-11-6(5)7(9)10/h2-3H,1H3. The van der Waals surface area contributed by atoms with Gasteiger partial charge in [0.1, 0.15) is 4.90 Å². The molecule has 12 heavy (non-hydrogen) atoms. The average Bonchev–Trinajstić information content (AvgIpc) is 2.33. The number of carbonyl (C=O) groups is 1. The maximum Gasteiger partial charge on any atom is 0.338 e. The zero-order chi connectivity index (χ0) is 9.14. The number of hydrogen-bond donors (Lipinski definition) is 0. The molecule has 0 aliphatic carbocycles. The quantitative estimate of drug-likeness (QED) is 0.420. The molecule has 0 unspecified atom stereocenters. The number of nitro groups is 1. The van der Waals surface area contributed by atoms with Crippen LogP contribution in [0.15, 0.2) is 16.3 Å². The van der Waals surface area contributed by atoms with Crippen LogP contribution in [0, 0.1) is 10.1 Å². The summed E-state index contributed by atoms with van der Waals surface area (Å²) in [6, 6.07) is 1.58. The third-order valence-electron chi connectivity index (χ3n) is 1.03. The Morgan fingerprint density at radius 1 is 1.75 bits per heavy atom. The molecular weight excluding hydrogens is 198 g/mol. The maximum atomic E-state index is 10.6. The maximum absolute atomic E-state index is 10.6. The lowest BCUT2D eigenvalue weighted by molar-refractivity contribution is -0.382. The number of thiophene rings is 1. The first-order valence-corrected chi connectivity index (χ1v) is 4.71. The van der Waals surface area contributed by atoms with Crippen molar-refractivity contribution in [3.05, 3.63) is 21.6 Å². The molecule has 0 fully saturated rings. The van der Waals surface area contributed by atoms with E-state index in [-0.39, 0.29) is 10.1 Å². The normalized spacial score (nSPS) is 9.75. The van der Waals surface area contributed by atoms with Crippen molar-refractivity contribution in [1.29, 1.82) is 0 Å². The predicted octanol–water partition coefficient (Wildman–Crippen LogP) is 2.29. The van der Waals surface area contributed by atoms with Crippen molar-refractivity contribution < 1.29 is 9.72 Å². The Kier molecular flexibility index (Phi) is 2.83. The second-order valence-electron chi connectivity index (χ2n) is 1.94. The van der Waals surface area contributed by atoms with E-state index in [4.69, 9.17) is 0 Å². The van der Waals surface area contributed by atoms with E-state index < -0.39 is 4.92 Å². The van der Waals surface area contributed by atoms with E-state index in [9.17, 15) is 14.9 Å². The molecule has 1 aromatic heterocycles. The van der Waals surface area contributed by atoms with Crippen molar-refractivity contribution in [2.45, 2.75) is 11.8 Å². The molecule has 0 atom stereocenters. The summed E-state index contributed by atoms with van der Waals surface area (Å²) < 4.78 is 0. The Hall–Kier alpha value is -0.880. The number of carbonyl (C=O) groups excluding carboxylic acids is 1. The van der Waals surface area contributed by atoms with Gasteiger partial charge in [-0.1, -0.05) is 11.3 Å². The molecular formula is C6H5NO3S2. The second kappa shape index (κ2) is 3.68. The van der Waals surface area contributed by atoms with Crippen LogP contribution < -0.4 is 0 Å². The van der Waals surface area contributed by atoms with Crippen LogP contribution in [0.25, 0.3) is 0 Å². The van der Waals surface area contributed by atoms with E-state index in [0.29, 0.717) is 4.90 Å². The van der Waals surface area contributed by atoms with Crippen LogP contribution in [0.3, 0.4) is 0 Å². The largest absolute Gasteiger partial charge is 0.338 e. The number of rotatable bonds is 2. The SMILES string of the molecule is CC(=O)Sc1ccsc1[N+](=O)[O-]. The monoisotopic (exact) mass is 203 g/mol. The van der Waals surface area contributed by atoms with Gasteiger partial charge in [0.2, 0.25) is 0 Å².